The van der Waals surface area contributed by atoms with Gasteiger partial charge in [0.05, 0.1) is 4.90 Å². The van der Waals surface area contributed by atoms with E-state index >= 15 is 0 Å². The van der Waals surface area contributed by atoms with E-state index in [9.17, 15) is 22.6 Å². The van der Waals surface area contributed by atoms with Crippen LogP contribution in [-0.2, 0) is 26.1 Å². The van der Waals surface area contributed by atoms with E-state index in [-0.39, 0.29) is 35.0 Å². The number of hydrogen-bond donors (Lipinski definition) is 1. The molecule has 130 valence electrons. The molecule has 1 N–H and O–H groups in total. The molecule has 3 rings (SSSR count). The molecule has 25 heavy (non-hydrogen) atoms. The molecule has 0 bridgehead atoms. The highest BCUT2D eigenvalue weighted by Gasteiger charge is 2.36. The average Bonchev–Trinajstić information content (AvgIpc) is 2.59. The zero-order valence-electron chi connectivity index (χ0n) is 13.3. The summed E-state index contributed by atoms with van der Waals surface area (Å²) in [4.78, 5) is 26.4. The SMILES string of the molecule is O=C1CCN(c2ccccc2)C(=O)C1Cc1ccccc1S(=O)(=O)O. The van der Waals surface area contributed by atoms with Crippen LogP contribution in [-0.4, -0.2) is 31.2 Å². The third-order valence-corrected chi connectivity index (χ3v) is 5.23. The molecular formula is C18H17NO5S. The number of carbonyl (C=O) groups excluding carboxylic acids is 2. The van der Waals surface area contributed by atoms with Crippen LogP contribution in [0.25, 0.3) is 0 Å². The number of para-hydroxylation sites is 1. The fraction of sp³-hybridized carbons (Fsp3) is 0.222. The predicted molar refractivity (Wildman–Crippen MR) is 91.9 cm³/mol. The molecule has 0 aromatic heterocycles. The van der Waals surface area contributed by atoms with Crippen LogP contribution < -0.4 is 4.90 Å². The smallest absolute Gasteiger partial charge is 0.294 e. The second-order valence-corrected chi connectivity index (χ2v) is 7.27. The van der Waals surface area contributed by atoms with Gasteiger partial charge in [0.15, 0.2) is 0 Å². The van der Waals surface area contributed by atoms with Crippen LogP contribution in [0.4, 0.5) is 5.69 Å². The number of nitrogens with zero attached hydrogens (tertiary/aromatic N) is 1. The van der Waals surface area contributed by atoms with Crippen LogP contribution >= 0.6 is 0 Å². The Balaban J connectivity index is 1.92. The monoisotopic (exact) mass is 359 g/mol. The largest absolute Gasteiger partial charge is 0.311 e. The van der Waals surface area contributed by atoms with Crippen molar-refractivity contribution in [3.05, 3.63) is 60.2 Å². The summed E-state index contributed by atoms with van der Waals surface area (Å²) in [6.45, 7) is 0.304. The maximum absolute atomic E-state index is 12.8. The quantitative estimate of drug-likeness (QED) is 0.667. The molecule has 1 aliphatic rings. The molecule has 2 aromatic carbocycles. The molecule has 1 saturated heterocycles. The van der Waals surface area contributed by atoms with Gasteiger partial charge in [-0.05, 0) is 30.2 Å². The average molecular weight is 359 g/mol. The molecule has 6 nitrogen and oxygen atoms in total. The van der Waals surface area contributed by atoms with E-state index in [1.807, 2.05) is 18.2 Å². The number of piperidine rings is 1. The van der Waals surface area contributed by atoms with Gasteiger partial charge in [0, 0.05) is 18.7 Å². The third kappa shape index (κ3) is 3.62. The number of anilines is 1. The van der Waals surface area contributed by atoms with Crippen LogP contribution in [0.2, 0.25) is 0 Å². The second-order valence-electron chi connectivity index (χ2n) is 5.88. The van der Waals surface area contributed by atoms with E-state index in [4.69, 9.17) is 0 Å². The summed E-state index contributed by atoms with van der Waals surface area (Å²) in [5, 5.41) is 0. The van der Waals surface area contributed by atoms with Crippen molar-refractivity contribution in [3.8, 4) is 0 Å². The van der Waals surface area contributed by atoms with Gasteiger partial charge in [0.25, 0.3) is 10.1 Å². The highest BCUT2D eigenvalue weighted by molar-refractivity contribution is 7.85. The van der Waals surface area contributed by atoms with Crippen LogP contribution in [0.3, 0.4) is 0 Å². The zero-order valence-corrected chi connectivity index (χ0v) is 14.1. The van der Waals surface area contributed by atoms with Crippen LogP contribution in [0.1, 0.15) is 12.0 Å². The van der Waals surface area contributed by atoms with Gasteiger partial charge in [-0.15, -0.1) is 0 Å². The molecule has 1 aliphatic heterocycles. The molecule has 1 fully saturated rings. The van der Waals surface area contributed by atoms with Crippen molar-refractivity contribution < 1.29 is 22.6 Å². The minimum absolute atomic E-state index is 0.0586. The summed E-state index contributed by atoms with van der Waals surface area (Å²) in [6.07, 6.45) is 0.149. The van der Waals surface area contributed by atoms with Gasteiger partial charge in [-0.1, -0.05) is 36.4 Å². The predicted octanol–water partition coefficient (Wildman–Crippen LogP) is 2.10. The van der Waals surface area contributed by atoms with Gasteiger partial charge in [0.2, 0.25) is 5.91 Å². The van der Waals surface area contributed by atoms with Gasteiger partial charge in [-0.2, -0.15) is 8.42 Å². The summed E-state index contributed by atoms with van der Waals surface area (Å²) in [6, 6.07) is 14.9. The first-order valence-corrected chi connectivity index (χ1v) is 9.26. The van der Waals surface area contributed by atoms with Gasteiger partial charge in [-0.25, -0.2) is 0 Å². The van der Waals surface area contributed by atoms with Crippen molar-refractivity contribution in [2.24, 2.45) is 5.92 Å². The number of ketones is 1. The lowest BCUT2D eigenvalue weighted by atomic mass is 9.89. The molecule has 1 unspecified atom stereocenters. The fourth-order valence-corrected chi connectivity index (χ4v) is 3.77. The summed E-state index contributed by atoms with van der Waals surface area (Å²) in [5.41, 5.74) is 0.958. The number of rotatable bonds is 4. The van der Waals surface area contributed by atoms with Crippen molar-refractivity contribution in [3.63, 3.8) is 0 Å². The van der Waals surface area contributed by atoms with Gasteiger partial charge in [0.1, 0.15) is 11.7 Å². The molecule has 2 aromatic rings. The minimum atomic E-state index is -4.42. The number of hydrogen-bond acceptors (Lipinski definition) is 4. The number of Topliss-reactive ketones (excluding diaryl/α,β-unsaturated/α-hetero) is 1. The molecule has 0 radical (unpaired) electrons. The maximum Gasteiger partial charge on any atom is 0.294 e. The zero-order chi connectivity index (χ0) is 18.0. The first kappa shape index (κ1) is 17.3. The van der Waals surface area contributed by atoms with Crippen LogP contribution in [0.5, 0.6) is 0 Å². The van der Waals surface area contributed by atoms with Crippen molar-refractivity contribution >= 4 is 27.5 Å². The third-order valence-electron chi connectivity index (χ3n) is 4.28. The number of amides is 1. The van der Waals surface area contributed by atoms with Crippen molar-refractivity contribution in [1.82, 2.24) is 0 Å². The molecular weight excluding hydrogens is 342 g/mol. The van der Waals surface area contributed by atoms with E-state index in [2.05, 4.69) is 0 Å². The van der Waals surface area contributed by atoms with Gasteiger partial charge < -0.3 is 4.90 Å². The summed E-state index contributed by atoms with van der Waals surface area (Å²) < 4.78 is 32.4. The minimum Gasteiger partial charge on any atom is -0.311 e. The standard InChI is InChI=1S/C18H17NO5S/c20-16-10-11-19(14-7-2-1-3-8-14)18(21)15(16)12-13-6-4-5-9-17(13)25(22,23)24/h1-9,15H,10-12H2,(H,22,23,24). The van der Waals surface area contributed by atoms with E-state index in [1.54, 1.807) is 23.1 Å². The Kier molecular flexibility index (Phi) is 4.69. The topological polar surface area (TPSA) is 91.8 Å². The molecule has 0 saturated carbocycles. The normalized spacial score (nSPS) is 18.4. The van der Waals surface area contributed by atoms with Crippen molar-refractivity contribution in [2.45, 2.75) is 17.7 Å². The maximum atomic E-state index is 12.8. The van der Waals surface area contributed by atoms with Gasteiger partial charge in [-0.3, -0.25) is 14.1 Å². The molecule has 0 spiro atoms. The second kappa shape index (κ2) is 6.78. The molecule has 1 amide bonds. The Morgan fingerprint density at radius 2 is 1.64 bits per heavy atom. The van der Waals surface area contributed by atoms with E-state index in [0.717, 1.165) is 0 Å². The number of carbonyl (C=O) groups is 2. The van der Waals surface area contributed by atoms with E-state index in [0.29, 0.717) is 12.2 Å². The Labute approximate surface area is 145 Å². The Hall–Kier alpha value is -2.51. The Morgan fingerprint density at radius 1 is 1.00 bits per heavy atom. The lowest BCUT2D eigenvalue weighted by Crippen LogP contribution is -2.47. The highest BCUT2D eigenvalue weighted by atomic mass is 32.2. The lowest BCUT2D eigenvalue weighted by Gasteiger charge is -2.31. The van der Waals surface area contributed by atoms with Crippen LogP contribution in [0, 0.1) is 5.92 Å². The van der Waals surface area contributed by atoms with E-state index in [1.165, 1.54) is 18.2 Å². The Bertz CT molecular complexity index is 908. The first-order valence-electron chi connectivity index (χ1n) is 7.82. The summed E-state index contributed by atoms with van der Waals surface area (Å²) in [7, 11) is -4.42. The molecule has 1 atom stereocenters. The van der Waals surface area contributed by atoms with E-state index < -0.39 is 16.0 Å². The summed E-state index contributed by atoms with van der Waals surface area (Å²) in [5.74, 6) is -1.54. The van der Waals surface area contributed by atoms with Crippen LogP contribution in [0.15, 0.2) is 59.5 Å². The number of benzene rings is 2. The summed E-state index contributed by atoms with van der Waals surface area (Å²) >= 11 is 0. The fourth-order valence-electron chi connectivity index (χ4n) is 3.04. The van der Waals surface area contributed by atoms with Gasteiger partial charge >= 0.3 is 0 Å². The first-order chi connectivity index (χ1) is 11.9. The highest BCUT2D eigenvalue weighted by Crippen LogP contribution is 2.27. The molecule has 7 heteroatoms. The molecule has 0 aliphatic carbocycles. The van der Waals surface area contributed by atoms with Crippen molar-refractivity contribution in [1.29, 1.82) is 0 Å². The lowest BCUT2D eigenvalue weighted by molar-refractivity contribution is -0.134. The Morgan fingerprint density at radius 3 is 2.32 bits per heavy atom. The molecule has 1 heterocycles. The van der Waals surface area contributed by atoms with Crippen molar-refractivity contribution in [2.75, 3.05) is 11.4 Å².